The van der Waals surface area contributed by atoms with Gasteiger partial charge < -0.3 is 15.4 Å². The van der Waals surface area contributed by atoms with Gasteiger partial charge in [-0.05, 0) is 43.0 Å². The third-order valence-corrected chi connectivity index (χ3v) is 5.71. The van der Waals surface area contributed by atoms with Gasteiger partial charge in [0.15, 0.2) is 12.4 Å². The summed E-state index contributed by atoms with van der Waals surface area (Å²) in [7, 11) is 0. The normalized spacial score (nSPS) is 14.3. The minimum Gasteiger partial charge on any atom is -0.619 e. The number of nitrogens with zero attached hydrogens (tertiary/aromatic N) is 2. The van der Waals surface area contributed by atoms with E-state index in [0.717, 1.165) is 16.8 Å². The summed E-state index contributed by atoms with van der Waals surface area (Å²) < 4.78 is 0.654. The zero-order valence-corrected chi connectivity index (χ0v) is 17.5. The molecule has 1 aromatic heterocycles. The molecule has 158 valence electrons. The number of carbonyl (C=O) groups excluding carboxylic acids is 2. The summed E-state index contributed by atoms with van der Waals surface area (Å²) in [6, 6.07) is 19.2. The molecule has 1 saturated heterocycles. The zero-order chi connectivity index (χ0) is 21.8. The van der Waals surface area contributed by atoms with Crippen molar-refractivity contribution in [3.05, 3.63) is 89.4 Å². The maximum Gasteiger partial charge on any atom is 0.254 e. The predicted molar refractivity (Wildman–Crippen MR) is 119 cm³/mol. The molecule has 0 atom stereocenters. The molecule has 6 nitrogen and oxygen atoms in total. The molecule has 2 aromatic carbocycles. The van der Waals surface area contributed by atoms with Crippen molar-refractivity contribution in [2.45, 2.75) is 19.8 Å². The van der Waals surface area contributed by atoms with Gasteiger partial charge in [0.2, 0.25) is 5.91 Å². The fourth-order valence-electron chi connectivity index (χ4n) is 3.90. The second-order valence-corrected chi connectivity index (χ2v) is 7.95. The van der Waals surface area contributed by atoms with Gasteiger partial charge in [0, 0.05) is 36.8 Å². The van der Waals surface area contributed by atoms with E-state index in [0.29, 0.717) is 36.2 Å². The number of carbonyl (C=O) groups is 2. The van der Waals surface area contributed by atoms with Crippen molar-refractivity contribution in [3.63, 3.8) is 0 Å². The Balaban J connectivity index is 1.32. The maximum absolute atomic E-state index is 12.7. The van der Waals surface area contributed by atoms with Gasteiger partial charge in [-0.1, -0.05) is 42.0 Å². The minimum absolute atomic E-state index is 0.0116. The molecule has 1 aliphatic heterocycles. The Kier molecular flexibility index (Phi) is 5.98. The van der Waals surface area contributed by atoms with Gasteiger partial charge in [0.25, 0.3) is 5.91 Å². The summed E-state index contributed by atoms with van der Waals surface area (Å²) in [6.45, 7) is 3.11. The summed E-state index contributed by atoms with van der Waals surface area (Å²) in [4.78, 5) is 27.0. The number of piperidine rings is 1. The van der Waals surface area contributed by atoms with Crippen LogP contribution in [-0.2, 0) is 4.79 Å². The van der Waals surface area contributed by atoms with Crippen LogP contribution in [0.3, 0.4) is 0 Å². The number of rotatable bonds is 4. The van der Waals surface area contributed by atoms with Crippen molar-refractivity contribution in [1.29, 1.82) is 0 Å². The Labute approximate surface area is 181 Å². The van der Waals surface area contributed by atoms with E-state index in [1.54, 1.807) is 4.90 Å². The SMILES string of the molecule is Cc1cccc(-c2ccc(NC(=O)C3CCN(C(=O)c4cc[n+]([O-])cc4)CC3)cc2)c1. The monoisotopic (exact) mass is 415 g/mol. The highest BCUT2D eigenvalue weighted by atomic mass is 16.5. The van der Waals surface area contributed by atoms with Crippen LogP contribution < -0.4 is 10.0 Å². The van der Waals surface area contributed by atoms with E-state index < -0.39 is 0 Å². The molecule has 0 bridgehead atoms. The molecule has 0 aliphatic carbocycles. The number of likely N-dealkylation sites (tertiary alicyclic amines) is 1. The number of anilines is 1. The maximum atomic E-state index is 12.7. The fourth-order valence-corrected chi connectivity index (χ4v) is 3.90. The van der Waals surface area contributed by atoms with Gasteiger partial charge in [-0.3, -0.25) is 9.59 Å². The quantitative estimate of drug-likeness (QED) is 0.520. The standard InChI is InChI=1S/C25H25N3O3/c1-18-3-2-4-22(17-18)19-5-7-23(8-6-19)26-24(29)20-9-13-27(14-10-20)25(30)21-11-15-28(31)16-12-21/h2-8,11-12,15-17,20H,9-10,13-14H2,1H3,(H,26,29). The summed E-state index contributed by atoms with van der Waals surface area (Å²) in [5.74, 6) is -0.242. The highest BCUT2D eigenvalue weighted by Crippen LogP contribution is 2.24. The molecule has 1 aliphatic rings. The van der Waals surface area contributed by atoms with Crippen LogP contribution in [0.2, 0.25) is 0 Å². The summed E-state index contributed by atoms with van der Waals surface area (Å²) in [5.41, 5.74) is 4.73. The molecule has 2 heterocycles. The lowest BCUT2D eigenvalue weighted by Gasteiger charge is -2.31. The Bertz CT molecular complexity index is 1070. The van der Waals surface area contributed by atoms with Crippen molar-refractivity contribution < 1.29 is 14.3 Å². The van der Waals surface area contributed by atoms with Crippen molar-refractivity contribution in [2.24, 2.45) is 5.92 Å². The van der Waals surface area contributed by atoms with E-state index in [2.05, 4.69) is 30.4 Å². The van der Waals surface area contributed by atoms with Gasteiger partial charge in [-0.25, -0.2) is 0 Å². The summed E-state index contributed by atoms with van der Waals surface area (Å²) >= 11 is 0. The Morgan fingerprint density at radius 2 is 1.65 bits per heavy atom. The first-order valence-electron chi connectivity index (χ1n) is 10.5. The number of hydrogen-bond acceptors (Lipinski definition) is 3. The molecule has 2 amide bonds. The van der Waals surface area contributed by atoms with Crippen LogP contribution in [0, 0.1) is 18.0 Å². The molecule has 1 fully saturated rings. The Morgan fingerprint density at radius 1 is 0.968 bits per heavy atom. The number of benzene rings is 2. The highest BCUT2D eigenvalue weighted by Gasteiger charge is 2.28. The second kappa shape index (κ2) is 9.00. The van der Waals surface area contributed by atoms with Crippen LogP contribution in [0.4, 0.5) is 5.69 Å². The molecule has 1 N–H and O–H groups in total. The molecule has 0 radical (unpaired) electrons. The smallest absolute Gasteiger partial charge is 0.254 e. The van der Waals surface area contributed by atoms with Crippen LogP contribution in [-0.4, -0.2) is 29.8 Å². The van der Waals surface area contributed by atoms with E-state index >= 15 is 0 Å². The van der Waals surface area contributed by atoms with Crippen molar-refractivity contribution >= 4 is 17.5 Å². The lowest BCUT2D eigenvalue weighted by Crippen LogP contribution is -2.41. The largest absolute Gasteiger partial charge is 0.619 e. The third kappa shape index (κ3) is 4.91. The Morgan fingerprint density at radius 3 is 2.29 bits per heavy atom. The van der Waals surface area contributed by atoms with E-state index in [9.17, 15) is 14.8 Å². The first kappa shape index (κ1) is 20.6. The first-order valence-corrected chi connectivity index (χ1v) is 10.5. The van der Waals surface area contributed by atoms with E-state index in [4.69, 9.17) is 0 Å². The number of aryl methyl sites for hydroxylation is 1. The molecular weight excluding hydrogens is 390 g/mol. The number of aromatic nitrogens is 1. The molecule has 0 saturated carbocycles. The molecule has 31 heavy (non-hydrogen) atoms. The average molecular weight is 415 g/mol. The lowest BCUT2D eigenvalue weighted by molar-refractivity contribution is -0.605. The lowest BCUT2D eigenvalue weighted by atomic mass is 9.95. The van der Waals surface area contributed by atoms with Gasteiger partial charge >= 0.3 is 0 Å². The van der Waals surface area contributed by atoms with Gasteiger partial charge in [0.05, 0.1) is 5.56 Å². The van der Waals surface area contributed by atoms with Crippen LogP contribution >= 0.6 is 0 Å². The topological polar surface area (TPSA) is 76.4 Å². The molecule has 6 heteroatoms. The summed E-state index contributed by atoms with van der Waals surface area (Å²) in [6.07, 6.45) is 3.87. The molecular formula is C25H25N3O3. The number of amides is 2. The average Bonchev–Trinajstić information content (AvgIpc) is 2.80. The van der Waals surface area contributed by atoms with Crippen molar-refractivity contribution in [1.82, 2.24) is 4.90 Å². The molecule has 4 rings (SSSR count). The van der Waals surface area contributed by atoms with Crippen LogP contribution in [0.5, 0.6) is 0 Å². The predicted octanol–water partition coefficient (Wildman–Crippen LogP) is 3.79. The molecule has 0 spiro atoms. The van der Waals surface area contributed by atoms with Gasteiger partial charge in [-0.2, -0.15) is 4.73 Å². The highest BCUT2D eigenvalue weighted by molar-refractivity contribution is 5.95. The zero-order valence-electron chi connectivity index (χ0n) is 17.5. The number of nitrogens with one attached hydrogen (secondary N) is 1. The second-order valence-electron chi connectivity index (χ2n) is 7.95. The first-order chi connectivity index (χ1) is 15.0. The fraction of sp³-hybridized carbons (Fsp3) is 0.240. The summed E-state index contributed by atoms with van der Waals surface area (Å²) in [5, 5.41) is 14.1. The van der Waals surface area contributed by atoms with Gasteiger partial charge in [0.1, 0.15) is 0 Å². The van der Waals surface area contributed by atoms with E-state index in [-0.39, 0.29) is 17.7 Å². The minimum atomic E-state index is -0.125. The van der Waals surface area contributed by atoms with Crippen molar-refractivity contribution in [2.75, 3.05) is 18.4 Å². The van der Waals surface area contributed by atoms with Gasteiger partial charge in [-0.15, -0.1) is 0 Å². The molecule has 0 unspecified atom stereocenters. The van der Waals surface area contributed by atoms with E-state index in [1.165, 1.54) is 30.1 Å². The Hall–Kier alpha value is -3.67. The van der Waals surface area contributed by atoms with Crippen molar-refractivity contribution in [3.8, 4) is 11.1 Å². The van der Waals surface area contributed by atoms with Crippen LogP contribution in [0.15, 0.2) is 73.1 Å². The third-order valence-electron chi connectivity index (χ3n) is 5.71. The number of hydrogen-bond donors (Lipinski definition) is 1. The molecule has 3 aromatic rings. The van der Waals surface area contributed by atoms with Crippen LogP contribution in [0.25, 0.3) is 11.1 Å². The number of pyridine rings is 1. The van der Waals surface area contributed by atoms with Crippen LogP contribution in [0.1, 0.15) is 28.8 Å². The van der Waals surface area contributed by atoms with E-state index in [1.807, 2.05) is 30.3 Å².